The number of hydrogen-bond acceptors (Lipinski definition) is 6. The second-order valence-electron chi connectivity index (χ2n) is 6.58. The molecule has 1 fully saturated rings. The van der Waals surface area contributed by atoms with Crippen molar-refractivity contribution >= 4 is 5.91 Å². The van der Waals surface area contributed by atoms with E-state index in [0.717, 1.165) is 30.6 Å². The molecule has 0 radical (unpaired) electrons. The van der Waals surface area contributed by atoms with Crippen LogP contribution in [0, 0.1) is 20.8 Å². The normalized spacial score (nSPS) is 17.7. The lowest BCUT2D eigenvalue weighted by Crippen LogP contribution is -2.39. The largest absolute Gasteiger partial charge is 0.345 e. The van der Waals surface area contributed by atoms with Gasteiger partial charge < -0.3 is 14.4 Å². The van der Waals surface area contributed by atoms with Gasteiger partial charge in [0.05, 0.1) is 0 Å². The zero-order chi connectivity index (χ0) is 18.0. The van der Waals surface area contributed by atoms with Gasteiger partial charge >= 0.3 is 5.69 Å². The molecule has 0 aromatic carbocycles. The maximum Gasteiger partial charge on any atom is 0.345 e. The van der Waals surface area contributed by atoms with Crippen LogP contribution in [0.3, 0.4) is 0 Å². The Morgan fingerprint density at radius 2 is 2.12 bits per heavy atom. The smallest absolute Gasteiger partial charge is 0.342 e. The fourth-order valence-electron chi connectivity index (χ4n) is 3.41. The van der Waals surface area contributed by atoms with Gasteiger partial charge in [0.25, 0.3) is 0 Å². The number of aromatic amines is 1. The molecule has 1 N–H and O–H groups in total. The molecule has 1 atom stereocenters. The summed E-state index contributed by atoms with van der Waals surface area (Å²) in [6.45, 7) is 6.79. The Kier molecular flexibility index (Phi) is 4.96. The number of hydrogen-bond donors (Lipinski definition) is 1. The first kappa shape index (κ1) is 17.3. The Balaban J connectivity index is 1.62. The standard InChI is InChI=1S/C17H23N5O3/c1-10-14(11(2)19-17(24)18-10)6-7-15(23)22-8-4-5-13(9-22)16-20-12(3)25-21-16/h13H,4-9H2,1-3H3,(H,18,19,24)/t13-/m0/s1. The van der Waals surface area contributed by atoms with E-state index in [0.29, 0.717) is 36.8 Å². The van der Waals surface area contributed by atoms with Gasteiger partial charge in [-0.05, 0) is 38.7 Å². The first-order valence-electron chi connectivity index (χ1n) is 8.58. The predicted molar refractivity (Wildman–Crippen MR) is 90.2 cm³/mol. The SMILES string of the molecule is Cc1nc([C@H]2CCCN(C(=O)CCc3c(C)nc(=O)[nH]c3C)C2)no1. The fraction of sp³-hybridized carbons (Fsp3) is 0.588. The monoisotopic (exact) mass is 345 g/mol. The van der Waals surface area contributed by atoms with E-state index in [9.17, 15) is 9.59 Å². The van der Waals surface area contributed by atoms with Crippen molar-refractivity contribution in [2.75, 3.05) is 13.1 Å². The minimum atomic E-state index is -0.348. The first-order valence-corrected chi connectivity index (χ1v) is 8.58. The highest BCUT2D eigenvalue weighted by Gasteiger charge is 2.27. The lowest BCUT2D eigenvalue weighted by Gasteiger charge is -2.31. The second kappa shape index (κ2) is 7.16. The Morgan fingerprint density at radius 3 is 2.80 bits per heavy atom. The van der Waals surface area contributed by atoms with Crippen LogP contribution < -0.4 is 5.69 Å². The minimum Gasteiger partial charge on any atom is -0.342 e. The van der Waals surface area contributed by atoms with E-state index < -0.39 is 0 Å². The molecule has 0 bridgehead atoms. The van der Waals surface area contributed by atoms with Crippen LogP contribution in [0.15, 0.2) is 9.32 Å². The van der Waals surface area contributed by atoms with Crippen molar-refractivity contribution < 1.29 is 9.32 Å². The molecule has 1 saturated heterocycles. The summed E-state index contributed by atoms with van der Waals surface area (Å²) in [5.74, 6) is 1.48. The van der Waals surface area contributed by atoms with Gasteiger partial charge in [-0.3, -0.25) is 4.79 Å². The van der Waals surface area contributed by atoms with Crippen LogP contribution in [0.4, 0.5) is 0 Å². The van der Waals surface area contributed by atoms with Crippen LogP contribution >= 0.6 is 0 Å². The van der Waals surface area contributed by atoms with Gasteiger partial charge in [-0.1, -0.05) is 5.16 Å². The molecule has 0 unspecified atom stereocenters. The lowest BCUT2D eigenvalue weighted by atomic mass is 9.96. The van der Waals surface area contributed by atoms with Gasteiger partial charge in [0.15, 0.2) is 5.82 Å². The molecule has 0 aliphatic carbocycles. The maximum atomic E-state index is 12.6. The molecule has 1 amide bonds. The number of likely N-dealkylation sites (tertiary alicyclic amines) is 1. The van der Waals surface area contributed by atoms with E-state index in [1.807, 2.05) is 11.8 Å². The Morgan fingerprint density at radius 1 is 1.32 bits per heavy atom. The van der Waals surface area contributed by atoms with Crippen molar-refractivity contribution in [3.05, 3.63) is 39.2 Å². The molecule has 25 heavy (non-hydrogen) atoms. The molecule has 2 aromatic heterocycles. The third kappa shape index (κ3) is 3.94. The molecular weight excluding hydrogens is 322 g/mol. The van der Waals surface area contributed by atoms with Crippen LogP contribution in [0.2, 0.25) is 0 Å². The highest BCUT2D eigenvalue weighted by Crippen LogP contribution is 2.25. The number of aromatic nitrogens is 4. The molecule has 3 rings (SSSR count). The molecule has 8 heteroatoms. The van der Waals surface area contributed by atoms with Crippen LogP contribution in [0.5, 0.6) is 0 Å². The van der Waals surface area contributed by atoms with Crippen molar-refractivity contribution in [3.8, 4) is 0 Å². The van der Waals surface area contributed by atoms with Gasteiger partial charge in [0.1, 0.15) is 0 Å². The molecule has 1 aliphatic rings. The Labute approximate surface area is 145 Å². The van der Waals surface area contributed by atoms with Crippen molar-refractivity contribution in [3.63, 3.8) is 0 Å². The highest BCUT2D eigenvalue weighted by atomic mass is 16.5. The molecule has 8 nitrogen and oxygen atoms in total. The molecular formula is C17H23N5O3. The van der Waals surface area contributed by atoms with Crippen LogP contribution in [-0.2, 0) is 11.2 Å². The molecule has 2 aromatic rings. The fourth-order valence-corrected chi connectivity index (χ4v) is 3.41. The predicted octanol–water partition coefficient (Wildman–Crippen LogP) is 1.42. The van der Waals surface area contributed by atoms with E-state index >= 15 is 0 Å². The number of H-pyrrole nitrogens is 1. The minimum absolute atomic E-state index is 0.106. The number of amides is 1. The third-order valence-electron chi connectivity index (χ3n) is 4.72. The summed E-state index contributed by atoms with van der Waals surface area (Å²) in [5, 5.41) is 3.99. The number of carbonyl (C=O) groups excluding carboxylic acids is 1. The van der Waals surface area contributed by atoms with E-state index in [-0.39, 0.29) is 17.5 Å². The highest BCUT2D eigenvalue weighted by molar-refractivity contribution is 5.76. The van der Waals surface area contributed by atoms with E-state index in [1.54, 1.807) is 13.8 Å². The van der Waals surface area contributed by atoms with E-state index in [4.69, 9.17) is 4.52 Å². The van der Waals surface area contributed by atoms with Gasteiger partial charge in [-0.15, -0.1) is 0 Å². The molecule has 134 valence electrons. The number of carbonyl (C=O) groups is 1. The summed E-state index contributed by atoms with van der Waals surface area (Å²) >= 11 is 0. The molecule has 0 saturated carbocycles. The van der Waals surface area contributed by atoms with Crippen LogP contribution in [-0.4, -0.2) is 44.0 Å². The zero-order valence-electron chi connectivity index (χ0n) is 14.8. The molecule has 0 spiro atoms. The summed E-state index contributed by atoms with van der Waals surface area (Å²) in [6.07, 6.45) is 2.86. The van der Waals surface area contributed by atoms with Crippen molar-refractivity contribution in [1.82, 2.24) is 25.0 Å². The number of nitrogens with one attached hydrogen (secondary N) is 1. The lowest BCUT2D eigenvalue weighted by molar-refractivity contribution is -0.132. The van der Waals surface area contributed by atoms with E-state index in [2.05, 4.69) is 20.1 Å². The van der Waals surface area contributed by atoms with Crippen molar-refractivity contribution in [1.29, 1.82) is 0 Å². The van der Waals surface area contributed by atoms with Crippen LogP contribution in [0.25, 0.3) is 0 Å². The zero-order valence-corrected chi connectivity index (χ0v) is 14.8. The second-order valence-corrected chi connectivity index (χ2v) is 6.58. The van der Waals surface area contributed by atoms with Crippen LogP contribution in [0.1, 0.15) is 53.8 Å². The molecule has 1 aliphatic heterocycles. The summed E-state index contributed by atoms with van der Waals surface area (Å²) in [7, 11) is 0. The number of rotatable bonds is 4. The van der Waals surface area contributed by atoms with Gasteiger partial charge in [0, 0.05) is 43.7 Å². The topological polar surface area (TPSA) is 105 Å². The van der Waals surface area contributed by atoms with Crippen molar-refractivity contribution in [2.24, 2.45) is 0 Å². The Hall–Kier alpha value is -2.51. The van der Waals surface area contributed by atoms with Crippen molar-refractivity contribution in [2.45, 2.75) is 52.4 Å². The van der Waals surface area contributed by atoms with Gasteiger partial charge in [0.2, 0.25) is 11.8 Å². The average Bonchev–Trinajstić information content (AvgIpc) is 3.00. The number of piperidine rings is 1. The van der Waals surface area contributed by atoms with Gasteiger partial charge in [-0.25, -0.2) is 4.79 Å². The quantitative estimate of drug-likeness (QED) is 0.898. The first-order chi connectivity index (χ1) is 11.9. The molecule has 3 heterocycles. The maximum absolute atomic E-state index is 12.6. The summed E-state index contributed by atoms with van der Waals surface area (Å²) in [4.78, 5) is 36.8. The summed E-state index contributed by atoms with van der Waals surface area (Å²) in [5.41, 5.74) is 2.06. The third-order valence-corrected chi connectivity index (χ3v) is 4.72. The average molecular weight is 345 g/mol. The summed E-state index contributed by atoms with van der Waals surface area (Å²) < 4.78 is 5.05. The van der Waals surface area contributed by atoms with Gasteiger partial charge in [-0.2, -0.15) is 9.97 Å². The number of nitrogens with zero attached hydrogens (tertiary/aromatic N) is 4. The number of aryl methyl sites for hydroxylation is 3. The summed E-state index contributed by atoms with van der Waals surface area (Å²) in [6, 6.07) is 0. The van der Waals surface area contributed by atoms with E-state index in [1.165, 1.54) is 0 Å². The Bertz CT molecular complexity index is 800.